The van der Waals surface area contributed by atoms with Gasteiger partial charge in [0, 0.05) is 26.0 Å². The molecule has 26 heavy (non-hydrogen) atoms. The van der Waals surface area contributed by atoms with E-state index in [1.807, 2.05) is 0 Å². The van der Waals surface area contributed by atoms with Crippen molar-refractivity contribution in [2.75, 3.05) is 13.1 Å². The number of hydrogen-bond acceptors (Lipinski definition) is 3. The SMILES string of the molecule is [2H][C@]1(c2ccc(-n3cc4cccc(C(N)=O)c4n3)c(F)c2)CNC[C@H](F)C1. The number of nitrogens with two attached hydrogens (primary N) is 1. The molecule has 0 aliphatic carbocycles. The first-order chi connectivity index (χ1) is 12.9. The predicted octanol–water partition coefficient (Wildman–Crippen LogP) is 2.68. The van der Waals surface area contributed by atoms with Crippen LogP contribution in [0.3, 0.4) is 0 Å². The van der Waals surface area contributed by atoms with Crippen LogP contribution in [0.2, 0.25) is 0 Å². The molecule has 0 unspecified atom stereocenters. The molecule has 1 fully saturated rings. The van der Waals surface area contributed by atoms with E-state index in [0.29, 0.717) is 16.5 Å². The van der Waals surface area contributed by atoms with Gasteiger partial charge in [-0.3, -0.25) is 4.79 Å². The number of hydrogen-bond donors (Lipinski definition) is 2. The number of benzene rings is 2. The number of carbonyl (C=O) groups is 1. The summed E-state index contributed by atoms with van der Waals surface area (Å²) in [6, 6.07) is 9.38. The molecule has 1 aromatic heterocycles. The molecule has 5 nitrogen and oxygen atoms in total. The lowest BCUT2D eigenvalue weighted by molar-refractivity contribution is 0.100. The number of aromatic nitrogens is 2. The molecule has 0 saturated carbocycles. The Balaban J connectivity index is 1.74. The van der Waals surface area contributed by atoms with Gasteiger partial charge in [0.15, 0.2) is 0 Å². The average Bonchev–Trinajstić information content (AvgIpc) is 3.05. The Bertz CT molecular complexity index is 1040. The Kier molecular flexibility index (Phi) is 3.86. The summed E-state index contributed by atoms with van der Waals surface area (Å²) in [5, 5.41) is 7.83. The van der Waals surface area contributed by atoms with Gasteiger partial charge in [0.05, 0.1) is 5.56 Å². The molecule has 2 aromatic carbocycles. The van der Waals surface area contributed by atoms with Crippen LogP contribution in [0.15, 0.2) is 42.6 Å². The molecule has 2 heterocycles. The summed E-state index contributed by atoms with van der Waals surface area (Å²) in [5.74, 6) is -2.40. The summed E-state index contributed by atoms with van der Waals surface area (Å²) >= 11 is 0. The lowest BCUT2D eigenvalue weighted by Gasteiger charge is -2.26. The van der Waals surface area contributed by atoms with Crippen molar-refractivity contribution in [2.24, 2.45) is 5.73 Å². The summed E-state index contributed by atoms with van der Waals surface area (Å²) in [7, 11) is 0. The van der Waals surface area contributed by atoms with Gasteiger partial charge in [0.25, 0.3) is 5.91 Å². The highest BCUT2D eigenvalue weighted by Crippen LogP contribution is 2.28. The number of nitrogens with one attached hydrogen (secondary N) is 1. The van der Waals surface area contributed by atoms with E-state index in [2.05, 4.69) is 10.4 Å². The molecule has 1 amide bonds. The molecular weight excluding hydrogens is 338 g/mol. The zero-order valence-corrected chi connectivity index (χ0v) is 13.9. The fourth-order valence-electron chi connectivity index (χ4n) is 3.29. The van der Waals surface area contributed by atoms with E-state index in [-0.39, 0.29) is 30.8 Å². The van der Waals surface area contributed by atoms with E-state index >= 15 is 0 Å². The second-order valence-corrected chi connectivity index (χ2v) is 6.38. The van der Waals surface area contributed by atoms with E-state index in [9.17, 15) is 13.6 Å². The first-order valence-corrected chi connectivity index (χ1v) is 8.31. The topological polar surface area (TPSA) is 72.9 Å². The van der Waals surface area contributed by atoms with Gasteiger partial charge in [-0.15, -0.1) is 0 Å². The van der Waals surface area contributed by atoms with Gasteiger partial charge < -0.3 is 11.1 Å². The monoisotopic (exact) mass is 357 g/mol. The highest BCUT2D eigenvalue weighted by atomic mass is 19.1. The minimum absolute atomic E-state index is 0.0203. The van der Waals surface area contributed by atoms with Gasteiger partial charge in [-0.25, -0.2) is 13.5 Å². The van der Waals surface area contributed by atoms with Gasteiger partial charge in [-0.2, -0.15) is 5.10 Å². The number of nitrogens with zero attached hydrogens (tertiary/aromatic N) is 2. The summed E-state index contributed by atoms with van der Waals surface area (Å²) in [6.07, 6.45) is 0.491. The van der Waals surface area contributed by atoms with Crippen molar-refractivity contribution in [1.29, 1.82) is 0 Å². The zero-order valence-electron chi connectivity index (χ0n) is 14.9. The number of amides is 1. The molecule has 134 valence electrons. The smallest absolute Gasteiger partial charge is 0.250 e. The highest BCUT2D eigenvalue weighted by Gasteiger charge is 2.23. The molecule has 2 atom stereocenters. The Morgan fingerprint density at radius 2 is 2.19 bits per heavy atom. The molecule has 1 aliphatic heterocycles. The zero-order chi connectivity index (χ0) is 19.2. The van der Waals surface area contributed by atoms with Crippen LogP contribution in [0.25, 0.3) is 16.6 Å². The summed E-state index contributed by atoms with van der Waals surface area (Å²) in [4.78, 5) is 11.6. The molecule has 1 saturated heterocycles. The predicted molar refractivity (Wildman–Crippen MR) is 94.7 cm³/mol. The third kappa shape index (κ3) is 2.94. The van der Waals surface area contributed by atoms with E-state index in [0.717, 1.165) is 0 Å². The Labute approximate surface area is 150 Å². The van der Waals surface area contributed by atoms with Gasteiger partial charge in [0.2, 0.25) is 0 Å². The van der Waals surface area contributed by atoms with Crippen LogP contribution in [0.5, 0.6) is 0 Å². The first-order valence-electron chi connectivity index (χ1n) is 8.81. The van der Waals surface area contributed by atoms with Crippen LogP contribution in [0.4, 0.5) is 8.78 Å². The van der Waals surface area contributed by atoms with E-state index in [1.54, 1.807) is 30.5 Å². The fraction of sp³-hybridized carbons (Fsp3) is 0.263. The van der Waals surface area contributed by atoms with Crippen LogP contribution < -0.4 is 11.1 Å². The molecule has 4 rings (SSSR count). The minimum atomic E-state index is -1.22. The molecule has 0 spiro atoms. The van der Waals surface area contributed by atoms with E-state index in [4.69, 9.17) is 7.10 Å². The summed E-state index contributed by atoms with van der Waals surface area (Å²) in [6.45, 7) is 0.475. The Morgan fingerprint density at radius 1 is 1.35 bits per heavy atom. The lowest BCUT2D eigenvalue weighted by atomic mass is 9.90. The molecule has 0 bridgehead atoms. The molecule has 3 aromatic rings. The third-order valence-corrected chi connectivity index (χ3v) is 4.58. The second kappa shape index (κ2) is 6.49. The van der Waals surface area contributed by atoms with Crippen molar-refractivity contribution in [3.8, 4) is 5.69 Å². The largest absolute Gasteiger partial charge is 0.366 e. The molecule has 3 N–H and O–H groups in total. The fourth-order valence-corrected chi connectivity index (χ4v) is 3.29. The van der Waals surface area contributed by atoms with Crippen LogP contribution >= 0.6 is 0 Å². The maximum Gasteiger partial charge on any atom is 0.250 e. The van der Waals surface area contributed by atoms with Crippen LogP contribution in [-0.2, 0) is 0 Å². The molecule has 7 heteroatoms. The maximum absolute atomic E-state index is 14.8. The molecule has 1 aliphatic rings. The van der Waals surface area contributed by atoms with Crippen molar-refractivity contribution >= 4 is 16.8 Å². The average molecular weight is 357 g/mol. The quantitative estimate of drug-likeness (QED) is 0.757. The normalized spacial score (nSPS) is 23.8. The van der Waals surface area contributed by atoms with Crippen molar-refractivity contribution in [3.05, 3.63) is 59.5 Å². The van der Waals surface area contributed by atoms with Gasteiger partial charge in [-0.05, 0) is 36.1 Å². The van der Waals surface area contributed by atoms with Gasteiger partial charge in [-0.1, -0.05) is 18.2 Å². The van der Waals surface area contributed by atoms with Crippen LogP contribution in [0, 0.1) is 5.82 Å². The minimum Gasteiger partial charge on any atom is -0.366 e. The lowest BCUT2D eigenvalue weighted by Crippen LogP contribution is -2.36. The van der Waals surface area contributed by atoms with Crippen molar-refractivity contribution in [2.45, 2.75) is 18.5 Å². The van der Waals surface area contributed by atoms with Gasteiger partial charge >= 0.3 is 0 Å². The summed E-state index contributed by atoms with van der Waals surface area (Å²) < 4.78 is 38.3. The number of halogens is 2. The number of primary amides is 1. The number of alkyl halides is 1. The standard InChI is InChI=1S/C19H18F2N4O/c20-14-6-13(8-23-9-14)11-4-5-17(16(21)7-11)25-10-12-2-1-3-15(19(22)26)18(12)24-25/h1-5,7,10,13-14,23H,6,8-9H2,(H2,22,26)/t13-,14-/m1/s1/i13D. The highest BCUT2D eigenvalue weighted by molar-refractivity contribution is 6.04. The van der Waals surface area contributed by atoms with Crippen molar-refractivity contribution in [3.63, 3.8) is 0 Å². The third-order valence-electron chi connectivity index (χ3n) is 4.58. The Hall–Kier alpha value is -2.80. The maximum atomic E-state index is 14.8. The number of fused-ring (bicyclic) bond motifs is 1. The summed E-state index contributed by atoms with van der Waals surface area (Å²) in [5.41, 5.74) is 6.60. The van der Waals surface area contributed by atoms with E-state index < -0.39 is 23.8 Å². The number of carbonyl (C=O) groups excluding carboxylic acids is 1. The number of rotatable bonds is 3. The second-order valence-electron chi connectivity index (χ2n) is 6.38. The first kappa shape index (κ1) is 15.5. The van der Waals surface area contributed by atoms with Crippen molar-refractivity contribution in [1.82, 2.24) is 15.1 Å². The van der Waals surface area contributed by atoms with Crippen LogP contribution in [0.1, 0.15) is 29.6 Å². The van der Waals surface area contributed by atoms with Crippen LogP contribution in [-0.4, -0.2) is 34.9 Å². The van der Waals surface area contributed by atoms with E-state index in [1.165, 1.54) is 16.8 Å². The molecular formula is C19H18F2N4O. The van der Waals surface area contributed by atoms with Gasteiger partial charge in [0.1, 0.15) is 23.2 Å². The van der Waals surface area contributed by atoms with Crippen molar-refractivity contribution < 1.29 is 14.9 Å². The molecule has 0 radical (unpaired) electrons. The Morgan fingerprint density at radius 3 is 2.92 bits per heavy atom. The number of piperidine rings is 1.